The van der Waals surface area contributed by atoms with E-state index in [-0.39, 0.29) is 6.29 Å². The summed E-state index contributed by atoms with van der Waals surface area (Å²) in [6.45, 7) is 11.5. The van der Waals surface area contributed by atoms with Crippen molar-refractivity contribution in [1.29, 1.82) is 0 Å². The van der Waals surface area contributed by atoms with E-state index in [9.17, 15) is 0 Å². The zero-order valence-corrected chi connectivity index (χ0v) is 15.1. The van der Waals surface area contributed by atoms with Crippen LogP contribution in [0.5, 0.6) is 0 Å². The molecule has 0 aromatic rings. The van der Waals surface area contributed by atoms with E-state index in [0.29, 0.717) is 11.8 Å². The Hall–Kier alpha value is -0.0800. The van der Waals surface area contributed by atoms with E-state index in [4.69, 9.17) is 9.47 Å². The van der Waals surface area contributed by atoms with Gasteiger partial charge in [-0.05, 0) is 55.3 Å². The van der Waals surface area contributed by atoms with Gasteiger partial charge in [-0.25, -0.2) is 0 Å². The molecule has 0 N–H and O–H groups in total. The summed E-state index contributed by atoms with van der Waals surface area (Å²) in [6.07, 6.45) is 8.22. The third-order valence-electron chi connectivity index (χ3n) is 7.21. The Morgan fingerprint density at radius 2 is 1.18 bits per heavy atom. The summed E-state index contributed by atoms with van der Waals surface area (Å²) < 4.78 is 12.4. The van der Waals surface area contributed by atoms with Gasteiger partial charge in [-0.15, -0.1) is 0 Å². The highest BCUT2D eigenvalue weighted by Gasteiger charge is 2.38. The fourth-order valence-corrected chi connectivity index (χ4v) is 5.10. The van der Waals surface area contributed by atoms with Crippen LogP contribution in [0.25, 0.3) is 0 Å². The number of hydrogen-bond donors (Lipinski definition) is 0. The van der Waals surface area contributed by atoms with Crippen molar-refractivity contribution in [3.8, 4) is 0 Å². The monoisotopic (exact) mass is 308 g/mol. The van der Waals surface area contributed by atoms with Gasteiger partial charge in [0.15, 0.2) is 6.29 Å². The first-order valence-corrected chi connectivity index (χ1v) is 9.77. The van der Waals surface area contributed by atoms with Crippen LogP contribution in [0.3, 0.4) is 0 Å². The van der Waals surface area contributed by atoms with Crippen LogP contribution >= 0.6 is 0 Å². The van der Waals surface area contributed by atoms with Crippen molar-refractivity contribution in [2.75, 3.05) is 13.2 Å². The molecular formula is C20H36O2. The first kappa shape index (κ1) is 16.8. The van der Waals surface area contributed by atoms with Crippen molar-refractivity contribution < 1.29 is 9.47 Å². The topological polar surface area (TPSA) is 18.5 Å². The lowest BCUT2D eigenvalue weighted by Gasteiger charge is -2.43. The molecule has 3 fully saturated rings. The van der Waals surface area contributed by atoms with Gasteiger partial charge in [0.05, 0.1) is 13.2 Å². The molecule has 1 aliphatic heterocycles. The molecular weight excluding hydrogens is 272 g/mol. The molecule has 2 saturated carbocycles. The molecule has 1 saturated heterocycles. The minimum atomic E-state index is 0.0798. The average Bonchev–Trinajstić information content (AvgIpc) is 2.53. The van der Waals surface area contributed by atoms with Gasteiger partial charge in [0, 0.05) is 11.8 Å². The Labute approximate surface area is 137 Å². The van der Waals surface area contributed by atoms with Gasteiger partial charge < -0.3 is 9.47 Å². The van der Waals surface area contributed by atoms with E-state index in [1.54, 1.807) is 0 Å². The quantitative estimate of drug-likeness (QED) is 0.705. The largest absolute Gasteiger partial charge is 0.352 e. The second kappa shape index (κ2) is 7.21. The van der Waals surface area contributed by atoms with Crippen LogP contribution in [0.4, 0.5) is 0 Å². The number of rotatable bonds is 2. The normalized spacial score (nSPS) is 50.7. The van der Waals surface area contributed by atoms with Crippen LogP contribution in [0, 0.1) is 41.4 Å². The molecule has 2 unspecified atom stereocenters. The van der Waals surface area contributed by atoms with Crippen LogP contribution < -0.4 is 0 Å². The molecule has 0 bridgehead atoms. The van der Waals surface area contributed by atoms with Gasteiger partial charge in [0.1, 0.15) is 0 Å². The van der Waals surface area contributed by atoms with Crippen molar-refractivity contribution in [1.82, 2.24) is 0 Å². The summed E-state index contributed by atoms with van der Waals surface area (Å²) in [6, 6.07) is 0. The van der Waals surface area contributed by atoms with E-state index >= 15 is 0 Å². The molecule has 3 rings (SSSR count). The van der Waals surface area contributed by atoms with Crippen LogP contribution in [0.15, 0.2) is 0 Å². The van der Waals surface area contributed by atoms with E-state index in [0.717, 1.165) is 42.8 Å². The lowest BCUT2D eigenvalue weighted by atomic mass is 9.69. The second-order valence-electron chi connectivity index (χ2n) is 8.86. The van der Waals surface area contributed by atoms with E-state index in [1.807, 2.05) is 0 Å². The Morgan fingerprint density at radius 1 is 0.636 bits per heavy atom. The van der Waals surface area contributed by atoms with Crippen LogP contribution in [-0.2, 0) is 9.47 Å². The Morgan fingerprint density at radius 3 is 1.73 bits per heavy atom. The molecule has 0 aromatic carbocycles. The van der Waals surface area contributed by atoms with Crippen LogP contribution in [0.2, 0.25) is 0 Å². The SMILES string of the molecule is CC1CCC(C2COC(C3CC(C)C(C)C(C)C3)OC2)CC1. The van der Waals surface area contributed by atoms with Gasteiger partial charge in [0.25, 0.3) is 0 Å². The first-order valence-electron chi connectivity index (χ1n) is 9.77. The van der Waals surface area contributed by atoms with E-state index in [2.05, 4.69) is 27.7 Å². The predicted octanol–water partition coefficient (Wildman–Crippen LogP) is 5.12. The third-order valence-corrected chi connectivity index (χ3v) is 7.21. The molecule has 2 nitrogen and oxygen atoms in total. The van der Waals surface area contributed by atoms with Gasteiger partial charge in [0.2, 0.25) is 0 Å². The molecule has 0 radical (unpaired) electrons. The highest BCUT2D eigenvalue weighted by Crippen LogP contribution is 2.42. The molecule has 0 spiro atoms. The minimum Gasteiger partial charge on any atom is -0.352 e. The fourth-order valence-electron chi connectivity index (χ4n) is 5.10. The highest BCUT2D eigenvalue weighted by molar-refractivity contribution is 4.84. The van der Waals surface area contributed by atoms with E-state index in [1.165, 1.54) is 38.5 Å². The standard InChI is InChI=1S/C20H36O2/c1-13-5-7-17(8-6-13)19-11-21-20(22-12-19)18-9-14(2)16(4)15(3)10-18/h13-20H,5-12H2,1-4H3. The summed E-state index contributed by atoms with van der Waals surface area (Å²) in [5.41, 5.74) is 0. The van der Waals surface area contributed by atoms with Crippen molar-refractivity contribution in [3.05, 3.63) is 0 Å². The average molecular weight is 309 g/mol. The summed E-state index contributed by atoms with van der Waals surface area (Å²) in [5.74, 6) is 5.51. The molecule has 3 aliphatic rings. The fraction of sp³-hybridized carbons (Fsp3) is 1.00. The van der Waals surface area contributed by atoms with Gasteiger partial charge in [-0.3, -0.25) is 0 Å². The third kappa shape index (κ3) is 3.70. The first-order chi connectivity index (χ1) is 10.5. The van der Waals surface area contributed by atoms with Crippen molar-refractivity contribution in [2.24, 2.45) is 41.4 Å². The maximum absolute atomic E-state index is 6.22. The maximum Gasteiger partial charge on any atom is 0.160 e. The Balaban J connectivity index is 1.47. The lowest BCUT2D eigenvalue weighted by Crippen LogP contribution is -2.43. The molecule has 2 atom stereocenters. The molecule has 0 aromatic heterocycles. The highest BCUT2D eigenvalue weighted by atomic mass is 16.7. The number of ether oxygens (including phenoxy) is 2. The van der Waals surface area contributed by atoms with E-state index < -0.39 is 0 Å². The summed E-state index contributed by atoms with van der Waals surface area (Å²) in [4.78, 5) is 0. The molecule has 0 amide bonds. The van der Waals surface area contributed by atoms with Gasteiger partial charge in [-0.2, -0.15) is 0 Å². The second-order valence-corrected chi connectivity index (χ2v) is 8.86. The smallest absolute Gasteiger partial charge is 0.160 e. The minimum absolute atomic E-state index is 0.0798. The zero-order chi connectivity index (χ0) is 15.7. The summed E-state index contributed by atoms with van der Waals surface area (Å²) in [7, 11) is 0. The van der Waals surface area contributed by atoms with Gasteiger partial charge >= 0.3 is 0 Å². The number of hydrogen-bond acceptors (Lipinski definition) is 2. The molecule has 2 aliphatic carbocycles. The Bertz CT molecular complexity index is 328. The summed E-state index contributed by atoms with van der Waals surface area (Å²) >= 11 is 0. The van der Waals surface area contributed by atoms with Crippen molar-refractivity contribution in [2.45, 2.75) is 72.5 Å². The predicted molar refractivity (Wildman–Crippen MR) is 90.5 cm³/mol. The molecule has 2 heteroatoms. The summed E-state index contributed by atoms with van der Waals surface area (Å²) in [5, 5.41) is 0. The van der Waals surface area contributed by atoms with Gasteiger partial charge in [-0.1, -0.05) is 40.5 Å². The molecule has 22 heavy (non-hydrogen) atoms. The van der Waals surface area contributed by atoms with Crippen LogP contribution in [0.1, 0.15) is 66.2 Å². The Kier molecular flexibility index (Phi) is 5.50. The maximum atomic E-state index is 6.22. The van der Waals surface area contributed by atoms with Crippen molar-refractivity contribution >= 4 is 0 Å². The molecule has 1 heterocycles. The van der Waals surface area contributed by atoms with Crippen LogP contribution in [-0.4, -0.2) is 19.5 Å². The zero-order valence-electron chi connectivity index (χ0n) is 15.1. The van der Waals surface area contributed by atoms with Crippen molar-refractivity contribution in [3.63, 3.8) is 0 Å². The molecule has 128 valence electrons. The lowest BCUT2D eigenvalue weighted by molar-refractivity contribution is -0.241.